The zero-order valence-electron chi connectivity index (χ0n) is 18.2. The molecule has 4 rings (SSSR count). The highest BCUT2D eigenvalue weighted by Crippen LogP contribution is 2.50. The Labute approximate surface area is 206 Å². The van der Waals surface area contributed by atoms with Crippen LogP contribution in [0.4, 0.5) is 22.7 Å². The first-order valence-corrected chi connectivity index (χ1v) is 12.9. The molecule has 0 spiro atoms. The molecule has 0 aliphatic rings. The number of hydrogen-bond donors (Lipinski definition) is 0. The largest absolute Gasteiger partial charge is 0.431 e. The molecule has 0 radical (unpaired) electrons. The van der Waals surface area contributed by atoms with Gasteiger partial charge in [-0.3, -0.25) is 0 Å². The highest BCUT2D eigenvalue weighted by molar-refractivity contribution is 8.09. The van der Waals surface area contributed by atoms with E-state index in [2.05, 4.69) is 30.3 Å². The maximum atomic E-state index is 9.01. The molecule has 0 aromatic heterocycles. The van der Waals surface area contributed by atoms with E-state index >= 15 is 0 Å². The minimum absolute atomic E-state index is 0.382. The van der Waals surface area contributed by atoms with Crippen molar-refractivity contribution < 1.29 is 9.05 Å². The second-order valence-electron chi connectivity index (χ2n) is 6.89. The Kier molecular flexibility index (Phi) is 7.93. The monoisotopic (exact) mass is 499 g/mol. The average molecular weight is 499 g/mol. The first-order chi connectivity index (χ1) is 17.1. The third-order valence-electron chi connectivity index (χ3n) is 4.34. The van der Waals surface area contributed by atoms with E-state index in [1.165, 1.54) is 0 Å². The number of benzene rings is 4. The zero-order valence-corrected chi connectivity index (χ0v) is 19.9. The second-order valence-corrected chi connectivity index (χ2v) is 9.75. The van der Waals surface area contributed by atoms with Crippen molar-refractivity contribution in [2.24, 2.45) is 25.3 Å². The molecule has 0 atom stereocenters. The van der Waals surface area contributed by atoms with Gasteiger partial charge in [-0.1, -0.05) is 36.4 Å². The minimum atomic E-state index is -3.39. The Bertz CT molecular complexity index is 1310. The van der Waals surface area contributed by atoms with Crippen LogP contribution in [0, 0.1) is 0 Å². The normalized spacial score (nSPS) is 12.7. The van der Waals surface area contributed by atoms with Crippen LogP contribution in [0.5, 0.6) is 11.5 Å². The molecular weight excluding hydrogens is 481 g/mol. The molecular formula is C24H18N7O2PS. The van der Waals surface area contributed by atoms with Gasteiger partial charge in [-0.15, -0.1) is 0 Å². The maximum Gasteiger partial charge on any atom is 0.379 e. The Morgan fingerprint density at radius 2 is 0.886 bits per heavy atom. The highest BCUT2D eigenvalue weighted by Gasteiger charge is 2.21. The van der Waals surface area contributed by atoms with Crippen LogP contribution in [0.2, 0.25) is 0 Å². The molecule has 0 N–H and O–H groups in total. The van der Waals surface area contributed by atoms with Crippen molar-refractivity contribution in [1.82, 2.24) is 0 Å². The number of nitrogens with zero attached hydrogens (tertiary/aromatic N) is 7. The van der Waals surface area contributed by atoms with Crippen LogP contribution < -0.4 is 9.05 Å². The van der Waals surface area contributed by atoms with Crippen LogP contribution in [0.1, 0.15) is 0 Å². The van der Waals surface area contributed by atoms with Gasteiger partial charge in [0.1, 0.15) is 11.5 Å². The molecule has 4 aromatic carbocycles. The molecule has 35 heavy (non-hydrogen) atoms. The van der Waals surface area contributed by atoms with Crippen LogP contribution in [0.3, 0.4) is 0 Å². The van der Waals surface area contributed by atoms with Gasteiger partial charge in [0, 0.05) is 9.80 Å². The molecule has 172 valence electrons. The van der Waals surface area contributed by atoms with Gasteiger partial charge in [0.25, 0.3) is 0 Å². The Morgan fingerprint density at radius 1 is 0.543 bits per heavy atom. The van der Waals surface area contributed by atoms with Gasteiger partial charge >= 0.3 is 6.64 Å². The summed E-state index contributed by atoms with van der Waals surface area (Å²) >= 11 is 5.42. The summed E-state index contributed by atoms with van der Waals surface area (Å²) in [4.78, 5) is 6.44. The summed E-state index contributed by atoms with van der Waals surface area (Å²) in [5, 5.41) is 16.7. The predicted molar refractivity (Wildman–Crippen MR) is 139 cm³/mol. The number of azo groups is 2. The lowest BCUT2D eigenvalue weighted by molar-refractivity contribution is 0.487. The SMILES string of the molecule is [N-]=[N+]=NP(=S)(Oc1ccc(N=Nc2ccccc2)cc1)Oc1ccc(N=Nc2ccccc2)cc1. The van der Waals surface area contributed by atoms with Crippen molar-refractivity contribution in [2.45, 2.75) is 0 Å². The molecule has 9 nitrogen and oxygen atoms in total. The standard InChI is InChI=1S/C24H18N7O2PS/c25-30-31-34(35,32-23-15-11-21(12-16-23)28-26-19-7-3-1-4-8-19)33-24-17-13-22(14-18-24)29-27-20-9-5-2-6-10-20/h1-18H. The Morgan fingerprint density at radius 3 is 1.23 bits per heavy atom. The number of hydrogen-bond acceptors (Lipinski definition) is 7. The molecule has 4 aromatic rings. The van der Waals surface area contributed by atoms with Crippen molar-refractivity contribution in [3.05, 3.63) is 120 Å². The summed E-state index contributed by atoms with van der Waals surface area (Å²) in [7, 11) is 0. The van der Waals surface area contributed by atoms with Crippen molar-refractivity contribution in [1.29, 1.82) is 0 Å². The lowest BCUT2D eigenvalue weighted by Crippen LogP contribution is -1.97. The lowest BCUT2D eigenvalue weighted by Gasteiger charge is -2.18. The molecule has 0 unspecified atom stereocenters. The van der Waals surface area contributed by atoms with E-state index in [1.54, 1.807) is 48.5 Å². The van der Waals surface area contributed by atoms with Crippen molar-refractivity contribution in [3.8, 4) is 11.5 Å². The third-order valence-corrected chi connectivity index (χ3v) is 6.19. The molecule has 0 aliphatic carbocycles. The van der Waals surface area contributed by atoms with Crippen LogP contribution in [-0.2, 0) is 11.8 Å². The highest BCUT2D eigenvalue weighted by atomic mass is 32.5. The number of azide groups is 1. The summed E-state index contributed by atoms with van der Waals surface area (Å²) in [6.45, 7) is -3.39. The zero-order chi connectivity index (χ0) is 24.3. The van der Waals surface area contributed by atoms with Crippen LogP contribution in [0.25, 0.3) is 10.4 Å². The smallest absolute Gasteiger partial charge is 0.379 e. The fourth-order valence-electron chi connectivity index (χ4n) is 2.74. The van der Waals surface area contributed by atoms with Crippen molar-refractivity contribution in [3.63, 3.8) is 0 Å². The maximum absolute atomic E-state index is 9.01. The number of rotatable bonds is 9. The van der Waals surface area contributed by atoms with Gasteiger partial charge in [-0.05, 0) is 90.1 Å². The van der Waals surface area contributed by atoms with Crippen LogP contribution >= 0.6 is 6.64 Å². The van der Waals surface area contributed by atoms with E-state index in [0.717, 1.165) is 11.4 Å². The van der Waals surface area contributed by atoms with E-state index in [0.29, 0.717) is 22.9 Å². The summed E-state index contributed by atoms with van der Waals surface area (Å²) in [5.41, 5.74) is 11.7. The van der Waals surface area contributed by atoms with Crippen molar-refractivity contribution in [2.75, 3.05) is 0 Å². The van der Waals surface area contributed by atoms with Crippen LogP contribution in [-0.4, -0.2) is 0 Å². The second kappa shape index (κ2) is 11.7. The predicted octanol–water partition coefficient (Wildman–Crippen LogP) is 9.51. The van der Waals surface area contributed by atoms with E-state index in [1.807, 2.05) is 60.7 Å². The van der Waals surface area contributed by atoms with Gasteiger partial charge in [-0.2, -0.15) is 20.5 Å². The summed E-state index contributed by atoms with van der Waals surface area (Å²) in [6, 6.07) is 32.3. The average Bonchev–Trinajstić information content (AvgIpc) is 2.89. The minimum Gasteiger partial charge on any atom is -0.431 e. The van der Waals surface area contributed by atoms with Gasteiger partial charge in [-0.25, -0.2) is 0 Å². The van der Waals surface area contributed by atoms with Crippen molar-refractivity contribution >= 4 is 41.2 Å². The van der Waals surface area contributed by atoms with E-state index < -0.39 is 6.64 Å². The molecule has 0 amide bonds. The first kappa shape index (κ1) is 23.8. The van der Waals surface area contributed by atoms with Gasteiger partial charge in [0.05, 0.1) is 22.7 Å². The fraction of sp³-hybridized carbons (Fsp3) is 0. The van der Waals surface area contributed by atoms with Gasteiger partial charge in [0.15, 0.2) is 0 Å². The van der Waals surface area contributed by atoms with Gasteiger partial charge < -0.3 is 9.05 Å². The molecule has 0 saturated carbocycles. The first-order valence-electron chi connectivity index (χ1n) is 10.3. The molecule has 11 heteroatoms. The quantitative estimate of drug-likeness (QED) is 0.0987. The summed E-state index contributed by atoms with van der Waals surface area (Å²) in [5.74, 6) is 0.764. The van der Waals surface area contributed by atoms with Gasteiger partial charge in [0.2, 0.25) is 0 Å². The van der Waals surface area contributed by atoms with E-state index in [4.69, 9.17) is 26.4 Å². The lowest BCUT2D eigenvalue weighted by atomic mass is 10.3. The summed E-state index contributed by atoms with van der Waals surface area (Å²) < 4.78 is 11.5. The molecule has 0 aliphatic heterocycles. The molecule has 0 heterocycles. The Hall–Kier alpha value is -4.36. The van der Waals surface area contributed by atoms with Crippen LogP contribution in [0.15, 0.2) is 135 Å². The topological polar surface area (TPSA) is 117 Å². The molecule has 0 bridgehead atoms. The Balaban J connectivity index is 1.42. The fourth-order valence-corrected chi connectivity index (χ4v) is 4.34. The third kappa shape index (κ3) is 7.31. The molecule has 0 saturated heterocycles. The molecule has 0 fully saturated rings. The van der Waals surface area contributed by atoms with E-state index in [9.17, 15) is 0 Å². The van der Waals surface area contributed by atoms with E-state index in [-0.39, 0.29) is 0 Å². The summed E-state index contributed by atoms with van der Waals surface area (Å²) in [6.07, 6.45) is 0.